The Morgan fingerprint density at radius 1 is 1.11 bits per heavy atom. The number of rotatable bonds is 7. The molecular formula is C22H24N2O3. The number of aromatic amines is 1. The number of benzene rings is 2. The van der Waals surface area contributed by atoms with Crippen LogP contribution in [0.5, 0.6) is 11.5 Å². The lowest BCUT2D eigenvalue weighted by Gasteiger charge is -2.09. The van der Waals surface area contributed by atoms with Crippen LogP contribution in [0.3, 0.4) is 0 Å². The maximum Gasteiger partial charge on any atom is 0.246 e. The number of carbonyl (C=O) groups is 1. The predicted molar refractivity (Wildman–Crippen MR) is 108 cm³/mol. The molecule has 0 saturated carbocycles. The monoisotopic (exact) mass is 364 g/mol. The highest BCUT2D eigenvalue weighted by Crippen LogP contribution is 2.28. The molecule has 3 aromatic rings. The van der Waals surface area contributed by atoms with E-state index < -0.39 is 0 Å². The number of H-pyrrole nitrogens is 1. The highest BCUT2D eigenvalue weighted by atomic mass is 16.5. The highest BCUT2D eigenvalue weighted by Gasteiger charge is 2.08. The summed E-state index contributed by atoms with van der Waals surface area (Å²) in [6.45, 7) is 2.38. The first kappa shape index (κ1) is 18.6. The summed E-state index contributed by atoms with van der Waals surface area (Å²) in [5.41, 5.74) is 3.84. The Morgan fingerprint density at radius 2 is 1.89 bits per heavy atom. The zero-order valence-corrected chi connectivity index (χ0v) is 15.8. The summed E-state index contributed by atoms with van der Waals surface area (Å²) < 4.78 is 10.5. The lowest BCUT2D eigenvalue weighted by atomic mass is 10.1. The number of ether oxygens (including phenoxy) is 2. The van der Waals surface area contributed by atoms with Gasteiger partial charge in [-0.15, -0.1) is 0 Å². The molecule has 0 aliphatic carbocycles. The van der Waals surface area contributed by atoms with Gasteiger partial charge in [-0.1, -0.05) is 24.3 Å². The van der Waals surface area contributed by atoms with Crippen molar-refractivity contribution in [1.29, 1.82) is 0 Å². The van der Waals surface area contributed by atoms with E-state index in [1.807, 2.05) is 48.7 Å². The van der Waals surface area contributed by atoms with Gasteiger partial charge in [-0.25, -0.2) is 0 Å². The SMILES string of the molecule is COc1ccc(/C=C(\C)C(=O)NCCc2c[nH]c3ccccc23)cc1OC. The molecule has 0 unspecified atom stereocenters. The zero-order valence-electron chi connectivity index (χ0n) is 15.8. The van der Waals surface area contributed by atoms with Crippen molar-refractivity contribution in [2.45, 2.75) is 13.3 Å². The molecule has 0 aliphatic rings. The zero-order chi connectivity index (χ0) is 19.2. The van der Waals surface area contributed by atoms with E-state index in [2.05, 4.69) is 16.4 Å². The Kier molecular flexibility index (Phi) is 5.81. The quantitative estimate of drug-likeness (QED) is 0.624. The summed E-state index contributed by atoms with van der Waals surface area (Å²) in [6.07, 6.45) is 4.62. The minimum atomic E-state index is -0.0790. The maximum atomic E-state index is 12.4. The largest absolute Gasteiger partial charge is 0.493 e. The van der Waals surface area contributed by atoms with Crippen LogP contribution in [0.1, 0.15) is 18.1 Å². The molecule has 2 N–H and O–H groups in total. The van der Waals surface area contributed by atoms with Crippen molar-refractivity contribution < 1.29 is 14.3 Å². The van der Waals surface area contributed by atoms with Gasteiger partial charge in [0.15, 0.2) is 11.5 Å². The number of hydrogen-bond acceptors (Lipinski definition) is 3. The standard InChI is InChI=1S/C22H24N2O3/c1-15(12-16-8-9-20(26-2)21(13-16)27-3)22(25)23-11-10-17-14-24-19-7-5-4-6-18(17)19/h4-9,12-14,24H,10-11H2,1-3H3,(H,23,25)/b15-12+. The van der Waals surface area contributed by atoms with Gasteiger partial charge in [0, 0.05) is 29.2 Å². The number of carbonyl (C=O) groups excluding carboxylic acids is 1. The van der Waals surface area contributed by atoms with Crippen LogP contribution < -0.4 is 14.8 Å². The fraction of sp³-hybridized carbons (Fsp3) is 0.227. The Bertz CT molecular complexity index is 973. The first-order valence-corrected chi connectivity index (χ1v) is 8.86. The first-order chi connectivity index (χ1) is 13.1. The molecule has 140 valence electrons. The molecular weight excluding hydrogens is 340 g/mol. The third kappa shape index (κ3) is 4.31. The number of aromatic nitrogens is 1. The van der Waals surface area contributed by atoms with Crippen molar-refractivity contribution in [3.05, 3.63) is 65.4 Å². The van der Waals surface area contributed by atoms with Crippen LogP contribution in [0.15, 0.2) is 54.2 Å². The van der Waals surface area contributed by atoms with Gasteiger partial charge >= 0.3 is 0 Å². The summed E-state index contributed by atoms with van der Waals surface area (Å²) in [5.74, 6) is 1.22. The van der Waals surface area contributed by atoms with E-state index in [1.165, 1.54) is 10.9 Å². The fourth-order valence-electron chi connectivity index (χ4n) is 3.05. The molecule has 1 heterocycles. The molecule has 0 saturated heterocycles. The van der Waals surface area contributed by atoms with Crippen LogP contribution in [0.2, 0.25) is 0 Å². The molecule has 3 rings (SSSR count). The number of methoxy groups -OCH3 is 2. The number of nitrogens with one attached hydrogen (secondary N) is 2. The van der Waals surface area contributed by atoms with E-state index in [4.69, 9.17) is 9.47 Å². The van der Waals surface area contributed by atoms with Gasteiger partial charge in [-0.3, -0.25) is 4.79 Å². The number of hydrogen-bond donors (Lipinski definition) is 2. The molecule has 0 spiro atoms. The van der Waals surface area contributed by atoms with E-state index in [9.17, 15) is 4.79 Å². The minimum absolute atomic E-state index is 0.0790. The van der Waals surface area contributed by atoms with Gasteiger partial charge < -0.3 is 19.8 Å². The number of amides is 1. The summed E-state index contributed by atoms with van der Waals surface area (Å²) in [6, 6.07) is 13.7. The lowest BCUT2D eigenvalue weighted by Crippen LogP contribution is -2.26. The summed E-state index contributed by atoms with van der Waals surface area (Å²) in [7, 11) is 3.19. The van der Waals surface area contributed by atoms with Crippen LogP contribution in [-0.4, -0.2) is 31.7 Å². The van der Waals surface area contributed by atoms with Crippen molar-refractivity contribution in [2.75, 3.05) is 20.8 Å². The van der Waals surface area contributed by atoms with E-state index in [0.717, 1.165) is 17.5 Å². The second-order valence-electron chi connectivity index (χ2n) is 6.31. The van der Waals surface area contributed by atoms with Gasteiger partial charge in [0.05, 0.1) is 14.2 Å². The Labute approximate surface area is 159 Å². The van der Waals surface area contributed by atoms with Crippen molar-refractivity contribution >= 4 is 22.9 Å². The van der Waals surface area contributed by atoms with Crippen LogP contribution in [-0.2, 0) is 11.2 Å². The van der Waals surface area contributed by atoms with Gasteiger partial charge in [-0.05, 0) is 48.7 Å². The molecule has 0 bridgehead atoms. The van der Waals surface area contributed by atoms with Crippen molar-refractivity contribution in [3.63, 3.8) is 0 Å². The van der Waals surface area contributed by atoms with Crippen molar-refractivity contribution in [3.8, 4) is 11.5 Å². The highest BCUT2D eigenvalue weighted by molar-refractivity contribution is 5.97. The van der Waals surface area contributed by atoms with Crippen LogP contribution in [0.4, 0.5) is 0 Å². The summed E-state index contributed by atoms with van der Waals surface area (Å²) >= 11 is 0. The van der Waals surface area contributed by atoms with E-state index >= 15 is 0 Å². The average Bonchev–Trinajstić information content (AvgIpc) is 3.11. The third-order valence-corrected chi connectivity index (χ3v) is 4.50. The second kappa shape index (κ2) is 8.45. The fourth-order valence-corrected chi connectivity index (χ4v) is 3.05. The molecule has 5 nitrogen and oxygen atoms in total. The molecule has 27 heavy (non-hydrogen) atoms. The second-order valence-corrected chi connectivity index (χ2v) is 6.31. The van der Waals surface area contributed by atoms with Gasteiger partial charge in [0.1, 0.15) is 0 Å². The van der Waals surface area contributed by atoms with Crippen LogP contribution in [0, 0.1) is 0 Å². The summed E-state index contributed by atoms with van der Waals surface area (Å²) in [4.78, 5) is 15.6. The Morgan fingerprint density at radius 3 is 2.67 bits per heavy atom. The Balaban J connectivity index is 1.61. The van der Waals surface area contributed by atoms with Gasteiger partial charge in [-0.2, -0.15) is 0 Å². The number of fused-ring (bicyclic) bond motifs is 1. The molecule has 5 heteroatoms. The first-order valence-electron chi connectivity index (χ1n) is 8.86. The maximum absolute atomic E-state index is 12.4. The molecule has 0 aliphatic heterocycles. The number of para-hydroxylation sites is 1. The molecule has 0 atom stereocenters. The van der Waals surface area contributed by atoms with E-state index in [0.29, 0.717) is 23.6 Å². The average molecular weight is 364 g/mol. The minimum Gasteiger partial charge on any atom is -0.493 e. The van der Waals surface area contributed by atoms with Crippen LogP contribution >= 0.6 is 0 Å². The lowest BCUT2D eigenvalue weighted by molar-refractivity contribution is -0.117. The molecule has 1 amide bonds. The third-order valence-electron chi connectivity index (χ3n) is 4.50. The topological polar surface area (TPSA) is 63.3 Å². The van der Waals surface area contributed by atoms with Gasteiger partial charge in [0.25, 0.3) is 0 Å². The molecule has 0 fully saturated rings. The molecule has 0 radical (unpaired) electrons. The normalized spacial score (nSPS) is 11.4. The van der Waals surface area contributed by atoms with Crippen molar-refractivity contribution in [1.82, 2.24) is 10.3 Å². The van der Waals surface area contributed by atoms with Crippen LogP contribution in [0.25, 0.3) is 17.0 Å². The smallest absolute Gasteiger partial charge is 0.246 e. The van der Waals surface area contributed by atoms with E-state index in [-0.39, 0.29) is 5.91 Å². The Hall–Kier alpha value is -3.21. The molecule has 1 aromatic heterocycles. The molecule has 2 aromatic carbocycles. The van der Waals surface area contributed by atoms with E-state index in [1.54, 1.807) is 21.1 Å². The summed E-state index contributed by atoms with van der Waals surface area (Å²) in [5, 5.41) is 4.18. The van der Waals surface area contributed by atoms with Gasteiger partial charge in [0.2, 0.25) is 5.91 Å². The predicted octanol–water partition coefficient (Wildman–Crippen LogP) is 3.95. The van der Waals surface area contributed by atoms with Crippen molar-refractivity contribution in [2.24, 2.45) is 0 Å².